The van der Waals surface area contributed by atoms with Crippen LogP contribution < -0.4 is 0 Å². The molecule has 0 radical (unpaired) electrons. The zero-order valence-corrected chi connectivity index (χ0v) is 14.7. The van der Waals surface area contributed by atoms with Crippen LogP contribution in [0.15, 0.2) is 48.5 Å². The average molecular weight is 341 g/mol. The van der Waals surface area contributed by atoms with Crippen LogP contribution in [0.1, 0.15) is 49.5 Å². The molecule has 0 heterocycles. The topological polar surface area (TPSA) is 80.4 Å². The average Bonchev–Trinajstić information content (AvgIpc) is 2.61. The van der Waals surface area contributed by atoms with Gasteiger partial charge in [0.2, 0.25) is 0 Å². The summed E-state index contributed by atoms with van der Waals surface area (Å²) in [6.07, 6.45) is 0.0956. The van der Waals surface area contributed by atoms with E-state index in [1.165, 1.54) is 29.8 Å². The maximum Gasteiger partial charge on any atom is 0.269 e. The Morgan fingerprint density at radius 1 is 1.08 bits per heavy atom. The molecule has 0 aliphatic carbocycles. The molecule has 2 atom stereocenters. The molecule has 25 heavy (non-hydrogen) atoms. The van der Waals surface area contributed by atoms with Crippen molar-refractivity contribution in [2.24, 2.45) is 5.41 Å². The Morgan fingerprint density at radius 3 is 2.04 bits per heavy atom. The van der Waals surface area contributed by atoms with E-state index >= 15 is 0 Å². The van der Waals surface area contributed by atoms with Crippen LogP contribution in [-0.4, -0.2) is 16.3 Å². The number of nitrogens with zero attached hydrogens (tertiary/aromatic N) is 1. The Morgan fingerprint density at radius 2 is 1.60 bits per heavy atom. The van der Waals surface area contributed by atoms with Crippen LogP contribution >= 0.6 is 0 Å². The summed E-state index contributed by atoms with van der Waals surface area (Å²) in [5, 5.41) is 21.4. The first-order valence-corrected chi connectivity index (χ1v) is 8.24. The number of nitro groups is 1. The zero-order valence-electron chi connectivity index (χ0n) is 14.7. The van der Waals surface area contributed by atoms with Crippen LogP contribution in [0.4, 0.5) is 5.69 Å². The number of hydrogen-bond donors (Lipinski definition) is 1. The fraction of sp³-hybridized carbons (Fsp3) is 0.350. The second-order valence-corrected chi connectivity index (χ2v) is 6.95. The van der Waals surface area contributed by atoms with Crippen molar-refractivity contribution in [2.75, 3.05) is 0 Å². The molecule has 0 saturated heterocycles. The van der Waals surface area contributed by atoms with Crippen molar-refractivity contribution in [3.8, 4) is 0 Å². The van der Waals surface area contributed by atoms with E-state index in [4.69, 9.17) is 0 Å². The maximum absolute atomic E-state index is 11.7. The highest BCUT2D eigenvalue weighted by molar-refractivity contribution is 5.61. The highest BCUT2D eigenvalue weighted by Gasteiger charge is 2.34. The normalized spacial score (nSPS) is 14.8. The van der Waals surface area contributed by atoms with Crippen molar-refractivity contribution in [3.63, 3.8) is 0 Å². The molecule has 0 aliphatic heterocycles. The summed E-state index contributed by atoms with van der Waals surface area (Å²) in [5.41, 5.74) is 1.59. The van der Waals surface area contributed by atoms with E-state index in [0.29, 0.717) is 17.9 Å². The number of rotatable bonds is 7. The standard InChI is InChI=1S/C20H23NO4/c1-14(2)16-6-4-15(5-7-16)12-20(3,13-22)19(23)17-8-10-18(11-9-17)21(24)25/h4-11,13-14,19,23H,12H2,1-3H3. The van der Waals surface area contributed by atoms with Gasteiger partial charge in [0.15, 0.2) is 0 Å². The first-order chi connectivity index (χ1) is 11.8. The van der Waals surface area contributed by atoms with Crippen LogP contribution in [0.5, 0.6) is 0 Å². The van der Waals surface area contributed by atoms with Crippen molar-refractivity contribution >= 4 is 12.0 Å². The molecule has 5 nitrogen and oxygen atoms in total. The molecule has 0 aliphatic rings. The lowest BCUT2D eigenvalue weighted by Gasteiger charge is -2.29. The van der Waals surface area contributed by atoms with Gasteiger partial charge in [-0.25, -0.2) is 0 Å². The fourth-order valence-corrected chi connectivity index (χ4v) is 2.82. The van der Waals surface area contributed by atoms with Gasteiger partial charge in [-0.2, -0.15) is 0 Å². The smallest absolute Gasteiger partial charge is 0.269 e. The van der Waals surface area contributed by atoms with Gasteiger partial charge in [-0.05, 0) is 48.1 Å². The minimum absolute atomic E-state index is 0.0481. The van der Waals surface area contributed by atoms with E-state index in [1.807, 2.05) is 24.3 Å². The van der Waals surface area contributed by atoms with Gasteiger partial charge in [0.05, 0.1) is 16.4 Å². The largest absolute Gasteiger partial charge is 0.387 e. The van der Waals surface area contributed by atoms with Crippen LogP contribution in [0.25, 0.3) is 0 Å². The minimum atomic E-state index is -1.05. The van der Waals surface area contributed by atoms with Crippen molar-refractivity contribution in [1.29, 1.82) is 0 Å². The predicted octanol–water partition coefficient (Wildman–Crippen LogP) is 4.20. The summed E-state index contributed by atoms with van der Waals surface area (Å²) in [5.74, 6) is 0.428. The van der Waals surface area contributed by atoms with Gasteiger partial charge >= 0.3 is 0 Å². The number of benzene rings is 2. The maximum atomic E-state index is 11.7. The van der Waals surface area contributed by atoms with Crippen LogP contribution in [0.2, 0.25) is 0 Å². The van der Waals surface area contributed by atoms with Crippen molar-refractivity contribution < 1.29 is 14.8 Å². The van der Waals surface area contributed by atoms with Crippen LogP contribution in [0, 0.1) is 15.5 Å². The number of non-ortho nitro benzene ring substituents is 1. The summed E-state index contributed by atoms with van der Waals surface area (Å²) >= 11 is 0. The lowest BCUT2D eigenvalue weighted by atomic mass is 9.77. The summed E-state index contributed by atoms with van der Waals surface area (Å²) in [7, 11) is 0. The van der Waals surface area contributed by atoms with E-state index in [9.17, 15) is 20.0 Å². The lowest BCUT2D eigenvalue weighted by molar-refractivity contribution is -0.384. The molecule has 0 aromatic heterocycles. The number of aliphatic hydroxyl groups is 1. The highest BCUT2D eigenvalue weighted by atomic mass is 16.6. The molecule has 0 amide bonds. The molecule has 0 fully saturated rings. The summed E-state index contributed by atoms with van der Waals surface area (Å²) in [6, 6.07) is 13.7. The fourth-order valence-electron chi connectivity index (χ4n) is 2.82. The molecule has 2 aromatic carbocycles. The van der Waals surface area contributed by atoms with Crippen LogP contribution in [0.3, 0.4) is 0 Å². The third-order valence-corrected chi connectivity index (χ3v) is 4.54. The molecule has 2 unspecified atom stereocenters. The summed E-state index contributed by atoms with van der Waals surface area (Å²) < 4.78 is 0. The second-order valence-electron chi connectivity index (χ2n) is 6.95. The van der Waals surface area contributed by atoms with Crippen molar-refractivity contribution in [1.82, 2.24) is 0 Å². The number of carbonyl (C=O) groups excluding carboxylic acids is 1. The van der Waals surface area contributed by atoms with Gasteiger partial charge in [-0.15, -0.1) is 0 Å². The summed E-state index contributed by atoms with van der Waals surface area (Å²) in [4.78, 5) is 22.0. The Labute approximate surface area is 147 Å². The highest BCUT2D eigenvalue weighted by Crippen LogP contribution is 2.36. The van der Waals surface area contributed by atoms with Gasteiger partial charge in [-0.1, -0.05) is 38.1 Å². The first-order valence-electron chi connectivity index (χ1n) is 8.24. The monoisotopic (exact) mass is 341 g/mol. The van der Waals surface area contributed by atoms with E-state index in [-0.39, 0.29) is 5.69 Å². The van der Waals surface area contributed by atoms with Gasteiger partial charge in [-0.3, -0.25) is 10.1 Å². The SMILES string of the molecule is CC(C)c1ccc(CC(C)(C=O)C(O)c2ccc([N+](=O)[O-])cc2)cc1. The van der Waals surface area contributed by atoms with Gasteiger partial charge in [0, 0.05) is 12.1 Å². The Balaban J connectivity index is 2.22. The van der Waals surface area contributed by atoms with Gasteiger partial charge in [0.25, 0.3) is 5.69 Å². The number of hydrogen-bond acceptors (Lipinski definition) is 4. The van der Waals surface area contributed by atoms with Gasteiger partial charge in [0.1, 0.15) is 6.29 Å². The Kier molecular flexibility index (Phi) is 5.69. The minimum Gasteiger partial charge on any atom is -0.387 e. The quantitative estimate of drug-likeness (QED) is 0.465. The molecule has 0 spiro atoms. The van der Waals surface area contributed by atoms with Gasteiger partial charge < -0.3 is 9.90 Å². The third-order valence-electron chi connectivity index (χ3n) is 4.54. The third kappa shape index (κ3) is 4.31. The van der Waals surface area contributed by atoms with E-state index in [0.717, 1.165) is 11.8 Å². The van der Waals surface area contributed by atoms with E-state index in [2.05, 4.69) is 13.8 Å². The second kappa shape index (κ2) is 7.57. The molecule has 2 rings (SSSR count). The number of carbonyl (C=O) groups is 1. The van der Waals surface area contributed by atoms with Crippen molar-refractivity contribution in [2.45, 2.75) is 39.2 Å². The molecule has 132 valence electrons. The van der Waals surface area contributed by atoms with E-state index < -0.39 is 16.4 Å². The molecular formula is C20H23NO4. The Hall–Kier alpha value is -2.53. The predicted molar refractivity (Wildman–Crippen MR) is 96.5 cm³/mol. The Bertz CT molecular complexity index is 737. The van der Waals surface area contributed by atoms with E-state index in [1.54, 1.807) is 6.92 Å². The molecule has 0 bridgehead atoms. The van der Waals surface area contributed by atoms with Crippen molar-refractivity contribution in [3.05, 3.63) is 75.3 Å². The molecule has 0 saturated carbocycles. The molecule has 1 N–H and O–H groups in total. The molecule has 2 aromatic rings. The zero-order chi connectivity index (χ0) is 18.6. The summed E-state index contributed by atoms with van der Waals surface area (Å²) in [6.45, 7) is 5.92. The molecular weight excluding hydrogens is 318 g/mol. The molecule has 5 heteroatoms. The lowest BCUT2D eigenvalue weighted by Crippen LogP contribution is -2.30. The van der Waals surface area contributed by atoms with Crippen LogP contribution in [-0.2, 0) is 11.2 Å². The number of aldehydes is 1. The number of nitro benzene ring substituents is 1. The first kappa shape index (κ1) is 18.8. The number of aliphatic hydroxyl groups excluding tert-OH is 1.